The minimum absolute atomic E-state index is 0.765. The van der Waals surface area contributed by atoms with Crippen molar-refractivity contribution in [1.82, 2.24) is 5.32 Å². The quantitative estimate of drug-likeness (QED) is 0.903. The first-order valence-electron chi connectivity index (χ1n) is 6.65. The highest BCUT2D eigenvalue weighted by molar-refractivity contribution is 6.30. The summed E-state index contributed by atoms with van der Waals surface area (Å²) in [5, 5.41) is 3.95. The van der Waals surface area contributed by atoms with Gasteiger partial charge in [-0.25, -0.2) is 0 Å². The van der Waals surface area contributed by atoms with Crippen molar-refractivity contribution in [3.05, 3.63) is 52.0 Å². The van der Waals surface area contributed by atoms with Crippen molar-refractivity contribution in [1.29, 1.82) is 0 Å². The number of ether oxygens (including phenoxy) is 1. The zero-order chi connectivity index (χ0) is 14.7. The topological polar surface area (TPSA) is 21.3 Å². The van der Waals surface area contributed by atoms with Crippen molar-refractivity contribution in [3.63, 3.8) is 0 Å². The molecule has 0 fully saturated rings. The molecule has 106 valence electrons. The van der Waals surface area contributed by atoms with Crippen LogP contribution in [0.2, 0.25) is 5.02 Å². The lowest BCUT2D eigenvalue weighted by atomic mass is 9.96. The molecule has 0 aliphatic carbocycles. The third-order valence-electron chi connectivity index (χ3n) is 3.41. The zero-order valence-corrected chi connectivity index (χ0v) is 13.1. The number of methoxy groups -OCH3 is 1. The predicted molar refractivity (Wildman–Crippen MR) is 85.7 cm³/mol. The highest BCUT2D eigenvalue weighted by Gasteiger charge is 2.10. The summed E-state index contributed by atoms with van der Waals surface area (Å²) in [4.78, 5) is 0. The van der Waals surface area contributed by atoms with Crippen molar-refractivity contribution < 1.29 is 4.74 Å². The molecule has 2 nitrogen and oxygen atoms in total. The van der Waals surface area contributed by atoms with Crippen LogP contribution in [0.5, 0.6) is 5.75 Å². The van der Waals surface area contributed by atoms with Gasteiger partial charge in [0.2, 0.25) is 0 Å². The first kappa shape index (κ1) is 14.9. The lowest BCUT2D eigenvalue weighted by Gasteiger charge is -2.14. The first-order valence-corrected chi connectivity index (χ1v) is 7.03. The molecule has 0 heterocycles. The van der Waals surface area contributed by atoms with Crippen molar-refractivity contribution in [2.24, 2.45) is 0 Å². The zero-order valence-electron chi connectivity index (χ0n) is 12.4. The lowest BCUT2D eigenvalue weighted by Crippen LogP contribution is -2.06. The summed E-state index contributed by atoms with van der Waals surface area (Å²) in [5.74, 6) is 0.956. The molecule has 0 saturated heterocycles. The van der Waals surface area contributed by atoms with E-state index in [0.29, 0.717) is 0 Å². The normalized spacial score (nSPS) is 10.7. The largest absolute Gasteiger partial charge is 0.496 e. The van der Waals surface area contributed by atoms with Crippen LogP contribution in [0.1, 0.15) is 16.7 Å². The van der Waals surface area contributed by atoms with Crippen LogP contribution in [0.3, 0.4) is 0 Å². The summed E-state index contributed by atoms with van der Waals surface area (Å²) in [6, 6.07) is 10.4. The van der Waals surface area contributed by atoms with Gasteiger partial charge in [-0.3, -0.25) is 0 Å². The highest BCUT2D eigenvalue weighted by Crippen LogP contribution is 2.32. The van der Waals surface area contributed by atoms with Gasteiger partial charge in [0.1, 0.15) is 5.75 Å². The van der Waals surface area contributed by atoms with Gasteiger partial charge in [0.25, 0.3) is 0 Å². The maximum absolute atomic E-state index is 6.10. The van der Waals surface area contributed by atoms with Crippen LogP contribution in [0.25, 0.3) is 11.1 Å². The maximum Gasteiger partial charge on any atom is 0.124 e. The predicted octanol–water partition coefficient (Wildman–Crippen LogP) is 4.35. The molecule has 2 aromatic rings. The van der Waals surface area contributed by atoms with Crippen LogP contribution in [0.4, 0.5) is 0 Å². The van der Waals surface area contributed by atoms with Crippen LogP contribution in [0.15, 0.2) is 30.3 Å². The van der Waals surface area contributed by atoms with Crippen molar-refractivity contribution >= 4 is 11.6 Å². The second-order valence-corrected chi connectivity index (χ2v) is 5.41. The van der Waals surface area contributed by atoms with Gasteiger partial charge in [0.15, 0.2) is 0 Å². The Morgan fingerprint density at radius 2 is 1.75 bits per heavy atom. The van der Waals surface area contributed by atoms with Gasteiger partial charge in [-0.1, -0.05) is 17.7 Å². The Balaban J connectivity index is 2.56. The summed E-state index contributed by atoms with van der Waals surface area (Å²) in [5.41, 5.74) is 5.89. The van der Waals surface area contributed by atoms with Gasteiger partial charge < -0.3 is 10.1 Å². The van der Waals surface area contributed by atoms with Gasteiger partial charge in [0.05, 0.1) is 7.11 Å². The van der Waals surface area contributed by atoms with Crippen molar-refractivity contribution in [2.75, 3.05) is 14.2 Å². The lowest BCUT2D eigenvalue weighted by molar-refractivity contribution is 0.408. The second-order valence-electron chi connectivity index (χ2n) is 4.98. The number of benzene rings is 2. The molecule has 3 heteroatoms. The van der Waals surface area contributed by atoms with Gasteiger partial charge in [0, 0.05) is 11.6 Å². The molecule has 1 N–H and O–H groups in total. The average molecular weight is 290 g/mol. The van der Waals surface area contributed by atoms with E-state index in [1.54, 1.807) is 7.11 Å². The van der Waals surface area contributed by atoms with Crippen LogP contribution in [0, 0.1) is 13.8 Å². The molecule has 0 bridgehead atoms. The highest BCUT2D eigenvalue weighted by atomic mass is 35.5. The minimum Gasteiger partial charge on any atom is -0.496 e. The molecule has 0 unspecified atom stereocenters. The van der Waals surface area contributed by atoms with E-state index in [9.17, 15) is 0 Å². The summed E-state index contributed by atoms with van der Waals surface area (Å²) in [6.07, 6.45) is 0. The van der Waals surface area contributed by atoms with E-state index >= 15 is 0 Å². The fourth-order valence-electron chi connectivity index (χ4n) is 2.61. The number of rotatable bonds is 4. The minimum atomic E-state index is 0.765. The van der Waals surface area contributed by atoms with Gasteiger partial charge in [-0.05, 0) is 73.0 Å². The van der Waals surface area contributed by atoms with E-state index in [0.717, 1.165) is 28.4 Å². The fraction of sp³-hybridized carbons (Fsp3) is 0.294. The third-order valence-corrected chi connectivity index (χ3v) is 3.65. The average Bonchev–Trinajstić information content (AvgIpc) is 2.39. The number of halogens is 1. The summed E-state index contributed by atoms with van der Waals surface area (Å²) in [6.45, 7) is 4.94. The van der Waals surface area contributed by atoms with Crippen LogP contribution < -0.4 is 10.1 Å². The van der Waals surface area contributed by atoms with E-state index in [1.807, 2.05) is 19.2 Å². The molecule has 0 aromatic heterocycles. The SMILES string of the molecule is CNCc1cc(Cl)ccc1-c1cc(C)c(OC)c(C)c1. The molecule has 2 rings (SSSR count). The maximum atomic E-state index is 6.10. The molecule has 0 aliphatic heterocycles. The molecular weight excluding hydrogens is 270 g/mol. The second kappa shape index (κ2) is 6.29. The van der Waals surface area contributed by atoms with E-state index in [4.69, 9.17) is 16.3 Å². The Hall–Kier alpha value is -1.51. The Kier molecular flexibility index (Phi) is 4.69. The summed E-state index contributed by atoms with van der Waals surface area (Å²) in [7, 11) is 3.65. The molecule has 0 atom stereocenters. The molecular formula is C17H20ClNO. The van der Waals surface area contributed by atoms with E-state index in [1.165, 1.54) is 16.7 Å². The molecule has 0 spiro atoms. The van der Waals surface area contributed by atoms with Gasteiger partial charge in [-0.15, -0.1) is 0 Å². The van der Waals surface area contributed by atoms with Gasteiger partial charge in [-0.2, -0.15) is 0 Å². The fourth-order valence-corrected chi connectivity index (χ4v) is 2.80. The standard InChI is InChI=1S/C17H20ClNO/c1-11-7-13(8-12(2)17(11)20-4)16-6-5-15(18)9-14(16)10-19-3/h5-9,19H,10H2,1-4H3. The molecule has 0 amide bonds. The Bertz CT molecular complexity index is 599. The van der Waals surface area contributed by atoms with Gasteiger partial charge >= 0.3 is 0 Å². The number of nitrogens with one attached hydrogen (secondary N) is 1. The van der Waals surface area contributed by atoms with Crippen LogP contribution in [-0.2, 0) is 6.54 Å². The van der Waals surface area contributed by atoms with E-state index < -0.39 is 0 Å². The number of hydrogen-bond acceptors (Lipinski definition) is 2. The van der Waals surface area contributed by atoms with Crippen LogP contribution >= 0.6 is 11.6 Å². The molecule has 0 saturated carbocycles. The number of aryl methyl sites for hydroxylation is 2. The monoisotopic (exact) mass is 289 g/mol. The molecule has 20 heavy (non-hydrogen) atoms. The Morgan fingerprint density at radius 3 is 2.30 bits per heavy atom. The molecule has 0 radical (unpaired) electrons. The Labute approximate surface area is 125 Å². The summed E-state index contributed by atoms with van der Waals surface area (Å²) >= 11 is 6.10. The van der Waals surface area contributed by atoms with E-state index in [-0.39, 0.29) is 0 Å². The third kappa shape index (κ3) is 2.97. The molecule has 0 aliphatic rings. The molecule has 2 aromatic carbocycles. The first-order chi connectivity index (χ1) is 9.56. The van der Waals surface area contributed by atoms with Crippen LogP contribution in [-0.4, -0.2) is 14.2 Å². The summed E-state index contributed by atoms with van der Waals surface area (Å²) < 4.78 is 5.43. The Morgan fingerprint density at radius 1 is 1.10 bits per heavy atom. The van der Waals surface area contributed by atoms with E-state index in [2.05, 4.69) is 37.4 Å². The van der Waals surface area contributed by atoms with Crippen molar-refractivity contribution in [3.8, 4) is 16.9 Å². The smallest absolute Gasteiger partial charge is 0.124 e. The van der Waals surface area contributed by atoms with Crippen molar-refractivity contribution in [2.45, 2.75) is 20.4 Å². The number of hydrogen-bond donors (Lipinski definition) is 1.